The SMILES string of the molecule is N#CN=C([S-])SCSC([S-])=NC#N. The fourth-order valence-corrected chi connectivity index (χ4v) is 2.48. The van der Waals surface area contributed by atoms with Gasteiger partial charge in [-0.3, -0.25) is 0 Å². The molecule has 0 aliphatic heterocycles. The molecular weight excluding hydrogens is 244 g/mol. The van der Waals surface area contributed by atoms with E-state index in [4.69, 9.17) is 35.8 Å². The van der Waals surface area contributed by atoms with Crippen LogP contribution in [0.1, 0.15) is 0 Å². The molecule has 0 aromatic carbocycles. The lowest BCUT2D eigenvalue weighted by atomic mass is 11.3. The Morgan fingerprint density at radius 2 is 1.46 bits per heavy atom. The van der Waals surface area contributed by atoms with Crippen LogP contribution in [0.15, 0.2) is 9.98 Å². The average Bonchev–Trinajstić information content (AvgIpc) is 2.05. The molecule has 68 valence electrons. The number of hydrogen-bond donors (Lipinski definition) is 0. The molecule has 0 aliphatic rings. The van der Waals surface area contributed by atoms with Gasteiger partial charge in [-0.1, -0.05) is 0 Å². The molecule has 0 atom stereocenters. The Hall–Kier alpha value is -0.540. The minimum Gasteiger partial charge on any atom is -0.752 e. The van der Waals surface area contributed by atoms with Crippen molar-refractivity contribution >= 4 is 57.5 Å². The van der Waals surface area contributed by atoms with Crippen LogP contribution in [0.2, 0.25) is 0 Å². The Morgan fingerprint density at radius 1 is 1.08 bits per heavy atom. The molecule has 0 N–H and O–H groups in total. The van der Waals surface area contributed by atoms with Crippen molar-refractivity contribution in [3.8, 4) is 12.4 Å². The molecule has 0 saturated heterocycles. The normalized spacial score (nSPS) is 11.8. The van der Waals surface area contributed by atoms with E-state index >= 15 is 0 Å². The monoisotopic (exact) mass is 246 g/mol. The Kier molecular flexibility index (Phi) is 7.74. The molecular formula is C5H2N4S4-2. The molecule has 0 amide bonds. The molecule has 0 heterocycles. The zero-order valence-corrected chi connectivity index (χ0v) is 9.39. The van der Waals surface area contributed by atoms with Gasteiger partial charge in [-0.2, -0.15) is 20.5 Å². The summed E-state index contributed by atoms with van der Waals surface area (Å²) in [6.45, 7) is 0. The maximum atomic E-state index is 8.12. The van der Waals surface area contributed by atoms with E-state index in [0.717, 1.165) is 0 Å². The van der Waals surface area contributed by atoms with Gasteiger partial charge in [0.15, 0.2) is 0 Å². The summed E-state index contributed by atoms with van der Waals surface area (Å²) in [5.41, 5.74) is 0. The predicted octanol–water partition coefficient (Wildman–Crippen LogP) is 1.18. The van der Waals surface area contributed by atoms with Gasteiger partial charge in [0.1, 0.15) is 0 Å². The average molecular weight is 246 g/mol. The second-order valence-electron chi connectivity index (χ2n) is 1.36. The van der Waals surface area contributed by atoms with E-state index in [1.54, 1.807) is 12.4 Å². The van der Waals surface area contributed by atoms with Gasteiger partial charge in [-0.25, -0.2) is 0 Å². The van der Waals surface area contributed by atoms with Crippen LogP contribution < -0.4 is 0 Å². The molecule has 0 rings (SSSR count). The quantitative estimate of drug-likeness (QED) is 0.239. The summed E-state index contributed by atoms with van der Waals surface area (Å²) in [6, 6.07) is 0. The first-order valence-corrected chi connectivity index (χ1v) is 5.52. The number of hydrogen-bond acceptors (Lipinski definition) is 8. The fraction of sp³-hybridized carbons (Fsp3) is 0.200. The molecule has 0 saturated carbocycles. The van der Waals surface area contributed by atoms with Crippen LogP contribution in [-0.2, 0) is 25.3 Å². The van der Waals surface area contributed by atoms with Crippen LogP contribution in [0.25, 0.3) is 0 Å². The first-order valence-electron chi connectivity index (χ1n) is 2.74. The third-order valence-corrected chi connectivity index (χ3v) is 3.16. The fourth-order valence-electron chi connectivity index (χ4n) is 0.276. The second-order valence-corrected chi connectivity index (χ2v) is 4.95. The summed E-state index contributed by atoms with van der Waals surface area (Å²) in [5, 5.41) is 16.7. The molecule has 0 aromatic heterocycles. The van der Waals surface area contributed by atoms with E-state index < -0.39 is 0 Å². The Labute approximate surface area is 95.3 Å². The van der Waals surface area contributed by atoms with Gasteiger partial charge in [0, 0.05) is 5.08 Å². The van der Waals surface area contributed by atoms with E-state index in [9.17, 15) is 0 Å². The van der Waals surface area contributed by atoms with Gasteiger partial charge in [0.2, 0.25) is 12.4 Å². The van der Waals surface area contributed by atoms with Crippen molar-refractivity contribution in [1.82, 2.24) is 0 Å². The number of thioether (sulfide) groups is 2. The highest BCUT2D eigenvalue weighted by molar-refractivity contribution is 8.38. The summed E-state index contributed by atoms with van der Waals surface area (Å²) in [6.07, 6.45) is 3.15. The Balaban J connectivity index is 3.71. The topological polar surface area (TPSA) is 72.3 Å². The van der Waals surface area contributed by atoms with Crippen molar-refractivity contribution < 1.29 is 0 Å². The van der Waals surface area contributed by atoms with Crippen molar-refractivity contribution in [2.24, 2.45) is 9.98 Å². The third kappa shape index (κ3) is 7.81. The zero-order chi connectivity index (χ0) is 10.1. The van der Waals surface area contributed by atoms with Crippen molar-refractivity contribution in [2.75, 3.05) is 5.08 Å². The van der Waals surface area contributed by atoms with E-state index in [2.05, 4.69) is 9.98 Å². The third-order valence-electron chi connectivity index (χ3n) is 0.647. The van der Waals surface area contributed by atoms with Gasteiger partial charge in [0.05, 0.1) is 0 Å². The van der Waals surface area contributed by atoms with Gasteiger partial charge in [0.25, 0.3) is 0 Å². The van der Waals surface area contributed by atoms with Crippen LogP contribution >= 0.6 is 23.5 Å². The van der Waals surface area contributed by atoms with Gasteiger partial charge in [-0.15, -0.1) is 23.5 Å². The molecule has 0 spiro atoms. The standard InChI is InChI=1S/C5H4N4S4/c6-1-8-4(10)12-3-13-5(11)9-2-7/h3H2,(H,8,10)(H,9,11)/p-2. The molecule has 0 fully saturated rings. The van der Waals surface area contributed by atoms with E-state index in [-0.39, 0.29) is 8.75 Å². The van der Waals surface area contributed by atoms with E-state index in [1.165, 1.54) is 23.5 Å². The summed E-state index contributed by atoms with van der Waals surface area (Å²) in [5.74, 6) is 0. The second kappa shape index (κ2) is 8.08. The highest BCUT2D eigenvalue weighted by Crippen LogP contribution is 2.14. The van der Waals surface area contributed by atoms with E-state index in [0.29, 0.717) is 5.08 Å². The predicted molar refractivity (Wildman–Crippen MR) is 60.9 cm³/mol. The molecule has 0 aliphatic carbocycles. The van der Waals surface area contributed by atoms with Crippen LogP contribution in [0.3, 0.4) is 0 Å². The molecule has 0 bridgehead atoms. The number of rotatable bonds is 2. The molecule has 13 heavy (non-hydrogen) atoms. The maximum absolute atomic E-state index is 8.12. The highest BCUT2D eigenvalue weighted by Gasteiger charge is 1.86. The summed E-state index contributed by atoms with van der Waals surface area (Å²) in [4.78, 5) is 6.63. The summed E-state index contributed by atoms with van der Waals surface area (Å²) < 4.78 is 0.518. The van der Waals surface area contributed by atoms with Gasteiger partial charge < -0.3 is 25.3 Å². The van der Waals surface area contributed by atoms with Gasteiger partial charge in [-0.05, 0) is 8.75 Å². The van der Waals surface area contributed by atoms with Gasteiger partial charge >= 0.3 is 0 Å². The summed E-state index contributed by atoms with van der Waals surface area (Å²) >= 11 is 11.8. The number of nitrogens with zero attached hydrogens (tertiary/aromatic N) is 4. The highest BCUT2D eigenvalue weighted by atomic mass is 32.2. The maximum Gasteiger partial charge on any atom is 0.204 e. The number of aliphatic imine (C=N–C) groups is 2. The lowest BCUT2D eigenvalue weighted by Crippen LogP contribution is -1.89. The van der Waals surface area contributed by atoms with Crippen LogP contribution in [0, 0.1) is 22.9 Å². The molecule has 0 radical (unpaired) electrons. The van der Waals surface area contributed by atoms with Crippen molar-refractivity contribution in [3.63, 3.8) is 0 Å². The number of nitriles is 2. The molecule has 4 nitrogen and oxygen atoms in total. The van der Waals surface area contributed by atoms with Crippen LogP contribution in [-0.4, -0.2) is 13.8 Å². The van der Waals surface area contributed by atoms with Crippen LogP contribution in [0.5, 0.6) is 0 Å². The molecule has 8 heteroatoms. The van der Waals surface area contributed by atoms with Crippen molar-refractivity contribution in [2.45, 2.75) is 0 Å². The van der Waals surface area contributed by atoms with Crippen LogP contribution in [0.4, 0.5) is 0 Å². The summed E-state index contributed by atoms with van der Waals surface area (Å²) in [7, 11) is 0. The smallest absolute Gasteiger partial charge is 0.204 e. The van der Waals surface area contributed by atoms with E-state index in [1.807, 2.05) is 0 Å². The lowest BCUT2D eigenvalue weighted by Gasteiger charge is -2.09. The zero-order valence-electron chi connectivity index (χ0n) is 6.13. The first kappa shape index (κ1) is 12.5. The minimum atomic E-state index is 0.259. The first-order chi connectivity index (χ1) is 6.20. The Morgan fingerprint density at radius 3 is 1.77 bits per heavy atom. The Bertz CT molecular complexity index is 267. The lowest BCUT2D eigenvalue weighted by molar-refractivity contribution is 1.45. The molecule has 0 aromatic rings. The minimum absolute atomic E-state index is 0.259. The largest absolute Gasteiger partial charge is 0.752 e. The molecule has 0 unspecified atom stereocenters. The van der Waals surface area contributed by atoms with Crippen molar-refractivity contribution in [3.05, 3.63) is 0 Å². The van der Waals surface area contributed by atoms with Crippen molar-refractivity contribution in [1.29, 1.82) is 10.5 Å².